The van der Waals surface area contributed by atoms with E-state index in [2.05, 4.69) is 47.6 Å². The van der Waals surface area contributed by atoms with E-state index in [0.717, 1.165) is 37.4 Å². The molecule has 0 saturated carbocycles. The molecule has 3 heteroatoms. The average molecular weight is 256 g/mol. The van der Waals surface area contributed by atoms with Crippen molar-refractivity contribution in [2.45, 2.75) is 32.4 Å². The fourth-order valence-electron chi connectivity index (χ4n) is 2.51. The van der Waals surface area contributed by atoms with E-state index < -0.39 is 0 Å². The highest BCUT2D eigenvalue weighted by Crippen LogP contribution is 2.19. The van der Waals surface area contributed by atoms with Crippen LogP contribution in [0.15, 0.2) is 30.3 Å². The highest BCUT2D eigenvalue weighted by Gasteiger charge is 2.28. The molecule has 0 radical (unpaired) electrons. The van der Waals surface area contributed by atoms with Crippen molar-refractivity contribution in [1.82, 2.24) is 10.3 Å². The molecule has 1 saturated heterocycles. The lowest BCUT2D eigenvalue weighted by Gasteiger charge is -2.23. The molecule has 0 amide bonds. The maximum absolute atomic E-state index is 5.46. The molecule has 3 nitrogen and oxygen atoms in total. The third-order valence-electron chi connectivity index (χ3n) is 3.83. The molecule has 0 aliphatic carbocycles. The molecule has 1 atom stereocenters. The second kappa shape index (κ2) is 4.91. The van der Waals surface area contributed by atoms with Crippen LogP contribution in [0.5, 0.6) is 0 Å². The van der Waals surface area contributed by atoms with Crippen LogP contribution in [0.2, 0.25) is 0 Å². The molecule has 2 aromatic rings. The summed E-state index contributed by atoms with van der Waals surface area (Å²) in [4.78, 5) is 4.53. The zero-order valence-electron chi connectivity index (χ0n) is 11.6. The largest absolute Gasteiger partial charge is 0.379 e. The molecular formula is C16H20N2O. The first kappa shape index (κ1) is 12.6. The molecule has 1 unspecified atom stereocenters. The minimum atomic E-state index is 0.125. The van der Waals surface area contributed by atoms with Crippen LogP contribution in [0.4, 0.5) is 0 Å². The van der Waals surface area contributed by atoms with Crippen molar-refractivity contribution in [3.63, 3.8) is 0 Å². The Morgan fingerprint density at radius 1 is 1.32 bits per heavy atom. The number of rotatable bonds is 3. The van der Waals surface area contributed by atoms with Crippen LogP contribution in [-0.2, 0) is 11.3 Å². The standard InChI is InChI=1S/C16H20N2O/c1-12-3-5-14-9-13(4-6-15(14)18-12)10-17-16(2)7-8-19-11-16/h3-6,9,17H,7-8,10-11H2,1-2H3. The monoisotopic (exact) mass is 256 g/mol. The Labute approximate surface area is 114 Å². The van der Waals surface area contributed by atoms with Crippen LogP contribution in [0.1, 0.15) is 24.6 Å². The van der Waals surface area contributed by atoms with Crippen LogP contribution in [0.25, 0.3) is 10.9 Å². The van der Waals surface area contributed by atoms with Gasteiger partial charge in [-0.1, -0.05) is 12.1 Å². The van der Waals surface area contributed by atoms with E-state index in [4.69, 9.17) is 4.74 Å². The summed E-state index contributed by atoms with van der Waals surface area (Å²) in [6.07, 6.45) is 1.08. The lowest BCUT2D eigenvalue weighted by molar-refractivity contribution is 0.171. The Morgan fingerprint density at radius 2 is 2.21 bits per heavy atom. The Bertz CT molecular complexity index is 588. The second-order valence-corrected chi connectivity index (χ2v) is 5.70. The summed E-state index contributed by atoms with van der Waals surface area (Å²) in [5.74, 6) is 0. The topological polar surface area (TPSA) is 34.1 Å². The van der Waals surface area contributed by atoms with E-state index in [1.54, 1.807) is 0 Å². The van der Waals surface area contributed by atoms with Crippen LogP contribution in [-0.4, -0.2) is 23.7 Å². The molecule has 3 rings (SSSR count). The molecule has 0 bridgehead atoms. The average Bonchev–Trinajstić information content (AvgIpc) is 2.84. The summed E-state index contributed by atoms with van der Waals surface area (Å²) < 4.78 is 5.46. The van der Waals surface area contributed by atoms with Crippen molar-refractivity contribution in [1.29, 1.82) is 0 Å². The van der Waals surface area contributed by atoms with Crippen molar-refractivity contribution in [3.8, 4) is 0 Å². The quantitative estimate of drug-likeness (QED) is 0.917. The number of fused-ring (bicyclic) bond motifs is 1. The molecular weight excluding hydrogens is 236 g/mol. The summed E-state index contributed by atoms with van der Waals surface area (Å²) in [7, 11) is 0. The van der Waals surface area contributed by atoms with Crippen molar-refractivity contribution in [2.75, 3.05) is 13.2 Å². The van der Waals surface area contributed by atoms with Crippen molar-refractivity contribution in [3.05, 3.63) is 41.6 Å². The number of pyridine rings is 1. The van der Waals surface area contributed by atoms with Gasteiger partial charge in [0.15, 0.2) is 0 Å². The third-order valence-corrected chi connectivity index (χ3v) is 3.83. The van der Waals surface area contributed by atoms with Gasteiger partial charge < -0.3 is 10.1 Å². The molecule has 1 aliphatic rings. The minimum absolute atomic E-state index is 0.125. The number of nitrogens with zero attached hydrogens (tertiary/aromatic N) is 1. The second-order valence-electron chi connectivity index (χ2n) is 5.70. The first-order chi connectivity index (χ1) is 9.15. The number of nitrogens with one attached hydrogen (secondary N) is 1. The van der Waals surface area contributed by atoms with Crippen molar-refractivity contribution in [2.24, 2.45) is 0 Å². The van der Waals surface area contributed by atoms with Gasteiger partial charge in [-0.05, 0) is 44.0 Å². The number of ether oxygens (including phenoxy) is 1. The lowest BCUT2D eigenvalue weighted by atomic mass is 10.0. The Hall–Kier alpha value is -1.45. The Balaban J connectivity index is 1.76. The highest BCUT2D eigenvalue weighted by molar-refractivity contribution is 5.79. The zero-order chi connectivity index (χ0) is 13.3. The molecule has 1 aromatic heterocycles. The van der Waals surface area contributed by atoms with Crippen LogP contribution in [0.3, 0.4) is 0 Å². The van der Waals surface area contributed by atoms with Gasteiger partial charge in [-0.2, -0.15) is 0 Å². The number of benzene rings is 1. The lowest BCUT2D eigenvalue weighted by Crippen LogP contribution is -2.42. The summed E-state index contributed by atoms with van der Waals surface area (Å²) in [5, 5.41) is 4.81. The Morgan fingerprint density at radius 3 is 3.00 bits per heavy atom. The highest BCUT2D eigenvalue weighted by atomic mass is 16.5. The number of aryl methyl sites for hydroxylation is 1. The minimum Gasteiger partial charge on any atom is -0.379 e. The smallest absolute Gasteiger partial charge is 0.0705 e. The van der Waals surface area contributed by atoms with Gasteiger partial charge in [-0.25, -0.2) is 0 Å². The van der Waals surface area contributed by atoms with Gasteiger partial charge in [0, 0.05) is 29.8 Å². The zero-order valence-corrected chi connectivity index (χ0v) is 11.6. The summed E-state index contributed by atoms with van der Waals surface area (Å²) in [5.41, 5.74) is 3.56. The number of aromatic nitrogens is 1. The van der Waals surface area contributed by atoms with Crippen LogP contribution in [0, 0.1) is 6.92 Å². The third kappa shape index (κ3) is 2.77. The predicted octanol–water partition coefficient (Wildman–Crippen LogP) is 2.81. The van der Waals surface area contributed by atoms with E-state index in [1.165, 1.54) is 10.9 Å². The maximum atomic E-state index is 5.46. The van der Waals surface area contributed by atoms with Crippen LogP contribution >= 0.6 is 0 Å². The van der Waals surface area contributed by atoms with E-state index in [-0.39, 0.29) is 5.54 Å². The fraction of sp³-hybridized carbons (Fsp3) is 0.438. The number of hydrogen-bond acceptors (Lipinski definition) is 3. The molecule has 2 heterocycles. The van der Waals surface area contributed by atoms with E-state index >= 15 is 0 Å². The van der Waals surface area contributed by atoms with Gasteiger partial charge in [0.05, 0.1) is 12.1 Å². The van der Waals surface area contributed by atoms with Gasteiger partial charge in [-0.3, -0.25) is 4.98 Å². The van der Waals surface area contributed by atoms with Gasteiger partial charge in [0.2, 0.25) is 0 Å². The maximum Gasteiger partial charge on any atom is 0.0705 e. The van der Waals surface area contributed by atoms with E-state index in [9.17, 15) is 0 Å². The molecule has 100 valence electrons. The molecule has 19 heavy (non-hydrogen) atoms. The van der Waals surface area contributed by atoms with Gasteiger partial charge in [0.1, 0.15) is 0 Å². The predicted molar refractivity (Wildman–Crippen MR) is 77.2 cm³/mol. The van der Waals surface area contributed by atoms with Crippen molar-refractivity contribution >= 4 is 10.9 Å². The van der Waals surface area contributed by atoms with E-state index in [1.807, 2.05) is 6.92 Å². The first-order valence-electron chi connectivity index (χ1n) is 6.84. The van der Waals surface area contributed by atoms with Gasteiger partial charge >= 0.3 is 0 Å². The summed E-state index contributed by atoms with van der Waals surface area (Å²) in [6, 6.07) is 10.7. The molecule has 1 aliphatic heterocycles. The SMILES string of the molecule is Cc1ccc2cc(CNC3(C)CCOC3)ccc2n1. The van der Waals surface area contributed by atoms with E-state index in [0.29, 0.717) is 0 Å². The first-order valence-corrected chi connectivity index (χ1v) is 6.84. The van der Waals surface area contributed by atoms with Gasteiger partial charge in [0.25, 0.3) is 0 Å². The molecule has 1 aromatic carbocycles. The number of hydrogen-bond donors (Lipinski definition) is 1. The van der Waals surface area contributed by atoms with Crippen LogP contribution < -0.4 is 5.32 Å². The Kier molecular flexibility index (Phi) is 3.25. The normalized spacial score (nSPS) is 23.1. The molecule has 1 N–H and O–H groups in total. The van der Waals surface area contributed by atoms with Gasteiger partial charge in [-0.15, -0.1) is 0 Å². The summed E-state index contributed by atoms with van der Waals surface area (Å²) >= 11 is 0. The van der Waals surface area contributed by atoms with Crippen molar-refractivity contribution < 1.29 is 4.74 Å². The summed E-state index contributed by atoms with van der Waals surface area (Å²) in [6.45, 7) is 6.80. The molecule has 0 spiro atoms. The fourth-order valence-corrected chi connectivity index (χ4v) is 2.51. The molecule has 1 fully saturated rings.